The van der Waals surface area contributed by atoms with Gasteiger partial charge in [0.2, 0.25) is 0 Å². The van der Waals surface area contributed by atoms with Gasteiger partial charge in [0.15, 0.2) is 6.10 Å². The van der Waals surface area contributed by atoms with Crippen molar-refractivity contribution in [3.63, 3.8) is 0 Å². The molecule has 6 nitrogen and oxygen atoms in total. The van der Waals surface area contributed by atoms with Crippen LogP contribution in [0.4, 0.5) is 5.69 Å². The van der Waals surface area contributed by atoms with E-state index in [4.69, 9.17) is 9.84 Å². The Morgan fingerprint density at radius 3 is 2.25 bits per heavy atom. The lowest BCUT2D eigenvalue weighted by atomic mass is 10.1. The van der Waals surface area contributed by atoms with Crippen LogP contribution >= 0.6 is 0 Å². The number of amides is 1. The van der Waals surface area contributed by atoms with Gasteiger partial charge in [-0.1, -0.05) is 12.1 Å². The third-order valence-corrected chi connectivity index (χ3v) is 3.57. The molecule has 1 amide bonds. The minimum Gasteiger partial charge on any atom is -0.449 e. The zero-order valence-corrected chi connectivity index (χ0v) is 15.1. The van der Waals surface area contributed by atoms with Gasteiger partial charge >= 0.3 is 5.97 Å². The largest absolute Gasteiger partial charge is 0.449 e. The number of ether oxygens (including phenoxy) is 1. The molecule has 0 fully saturated rings. The number of aliphatic hydroxyl groups excluding tert-OH is 1. The molecule has 0 heterocycles. The molecule has 6 heteroatoms. The zero-order chi connectivity index (χ0) is 18.3. The van der Waals surface area contributed by atoms with E-state index in [2.05, 4.69) is 5.32 Å². The summed E-state index contributed by atoms with van der Waals surface area (Å²) in [6.07, 6.45) is -0.867. The van der Waals surface area contributed by atoms with Gasteiger partial charge in [-0.2, -0.15) is 0 Å². The fourth-order valence-electron chi connectivity index (χ4n) is 2.60. The monoisotopic (exact) mass is 336 g/mol. The highest BCUT2D eigenvalue weighted by Gasteiger charge is 2.28. The molecule has 0 radical (unpaired) electrons. The Balaban J connectivity index is 2.85. The molecule has 0 spiro atoms. The topological polar surface area (TPSA) is 78.9 Å². The van der Waals surface area contributed by atoms with E-state index in [1.165, 1.54) is 0 Å². The van der Waals surface area contributed by atoms with Gasteiger partial charge in [0, 0.05) is 24.3 Å². The van der Waals surface area contributed by atoms with Gasteiger partial charge in [-0.05, 0) is 46.8 Å². The summed E-state index contributed by atoms with van der Waals surface area (Å²) in [5, 5.41) is 11.9. The predicted molar refractivity (Wildman–Crippen MR) is 94.0 cm³/mol. The molecule has 24 heavy (non-hydrogen) atoms. The van der Waals surface area contributed by atoms with E-state index in [-0.39, 0.29) is 24.6 Å². The summed E-state index contributed by atoms with van der Waals surface area (Å²) in [7, 11) is 0. The number of nitrogens with one attached hydrogen (secondary N) is 1. The number of nitrogens with zero attached hydrogens (tertiary/aromatic N) is 1. The normalized spacial score (nSPS) is 12.2. The molecule has 2 N–H and O–H groups in total. The van der Waals surface area contributed by atoms with Crippen molar-refractivity contribution in [1.82, 2.24) is 4.90 Å². The number of esters is 1. The molecule has 0 aliphatic heterocycles. The first-order valence-corrected chi connectivity index (χ1v) is 8.26. The Kier molecular flexibility index (Phi) is 7.71. The van der Waals surface area contributed by atoms with Gasteiger partial charge in [0.25, 0.3) is 5.91 Å². The fourth-order valence-corrected chi connectivity index (χ4v) is 2.60. The van der Waals surface area contributed by atoms with Crippen LogP contribution in [0.1, 0.15) is 45.0 Å². The first-order valence-electron chi connectivity index (χ1n) is 8.26. The van der Waals surface area contributed by atoms with Crippen molar-refractivity contribution >= 4 is 17.6 Å². The third-order valence-electron chi connectivity index (χ3n) is 3.57. The summed E-state index contributed by atoms with van der Waals surface area (Å²) in [6, 6.07) is 6.91. The van der Waals surface area contributed by atoms with Crippen LogP contribution in [0.3, 0.4) is 0 Å². The molecule has 0 unspecified atom stereocenters. The van der Waals surface area contributed by atoms with Crippen molar-refractivity contribution in [2.75, 3.05) is 18.5 Å². The molecule has 134 valence electrons. The number of anilines is 1. The number of carbonyl (C=O) groups is 2. The van der Waals surface area contributed by atoms with Gasteiger partial charge in [-0.15, -0.1) is 0 Å². The van der Waals surface area contributed by atoms with Gasteiger partial charge < -0.3 is 20.1 Å². The van der Waals surface area contributed by atoms with Crippen molar-refractivity contribution in [3.05, 3.63) is 29.8 Å². The van der Waals surface area contributed by atoms with E-state index in [1.807, 2.05) is 27.7 Å². The second-order valence-corrected chi connectivity index (χ2v) is 6.18. The minimum absolute atomic E-state index is 0.0251. The summed E-state index contributed by atoms with van der Waals surface area (Å²) < 4.78 is 5.37. The highest BCUT2D eigenvalue weighted by atomic mass is 16.5. The SMILES string of the molecule is CC(C)N(C(=O)[C@@H](C)OC(=O)c1ccccc1NCCO)C(C)C. The number of aliphatic hydroxyl groups is 1. The maximum atomic E-state index is 12.5. The second-order valence-electron chi connectivity index (χ2n) is 6.18. The smallest absolute Gasteiger partial charge is 0.341 e. The van der Waals surface area contributed by atoms with Crippen molar-refractivity contribution in [3.8, 4) is 0 Å². The van der Waals surface area contributed by atoms with Gasteiger partial charge in [-0.25, -0.2) is 4.79 Å². The Morgan fingerprint density at radius 2 is 1.71 bits per heavy atom. The van der Waals surface area contributed by atoms with Gasteiger partial charge in [-0.3, -0.25) is 4.79 Å². The van der Waals surface area contributed by atoms with E-state index < -0.39 is 12.1 Å². The second kappa shape index (κ2) is 9.27. The lowest BCUT2D eigenvalue weighted by molar-refractivity contribution is -0.143. The quantitative estimate of drug-likeness (QED) is 0.712. The molecule has 0 aromatic heterocycles. The van der Waals surface area contributed by atoms with Gasteiger partial charge in [0.1, 0.15) is 0 Å². The molecular weight excluding hydrogens is 308 g/mol. The van der Waals surface area contributed by atoms with E-state index in [9.17, 15) is 9.59 Å². The minimum atomic E-state index is -0.867. The average molecular weight is 336 g/mol. The molecule has 1 aromatic carbocycles. The molecule has 0 aliphatic rings. The number of rotatable bonds is 8. The van der Waals surface area contributed by atoms with E-state index in [0.29, 0.717) is 17.8 Å². The van der Waals surface area contributed by atoms with Crippen molar-refractivity contribution < 1.29 is 19.4 Å². The van der Waals surface area contributed by atoms with Crippen molar-refractivity contribution in [2.24, 2.45) is 0 Å². The van der Waals surface area contributed by atoms with E-state index in [1.54, 1.807) is 36.1 Å². The Hall–Kier alpha value is -2.08. The molecule has 1 atom stereocenters. The van der Waals surface area contributed by atoms with Crippen LogP contribution in [0.15, 0.2) is 24.3 Å². The molecule has 0 aliphatic carbocycles. The highest BCUT2D eigenvalue weighted by molar-refractivity contribution is 5.97. The number of hydrogen-bond acceptors (Lipinski definition) is 5. The molecule has 0 saturated carbocycles. The maximum Gasteiger partial charge on any atom is 0.341 e. The first-order chi connectivity index (χ1) is 11.3. The predicted octanol–water partition coefficient (Wildman–Crippen LogP) is 2.28. The van der Waals surface area contributed by atoms with Crippen LogP contribution in [0.25, 0.3) is 0 Å². The Labute approximate surface area is 143 Å². The Morgan fingerprint density at radius 1 is 1.12 bits per heavy atom. The molecule has 1 aromatic rings. The molecular formula is C18H28N2O4. The fraction of sp³-hybridized carbons (Fsp3) is 0.556. The van der Waals surface area contributed by atoms with Gasteiger partial charge in [0.05, 0.1) is 12.2 Å². The maximum absolute atomic E-state index is 12.5. The highest BCUT2D eigenvalue weighted by Crippen LogP contribution is 2.18. The summed E-state index contributed by atoms with van der Waals surface area (Å²) >= 11 is 0. The lowest BCUT2D eigenvalue weighted by Gasteiger charge is -2.32. The summed E-state index contributed by atoms with van der Waals surface area (Å²) in [6.45, 7) is 9.59. The zero-order valence-electron chi connectivity index (χ0n) is 15.1. The summed E-state index contributed by atoms with van der Waals surface area (Å²) in [5.74, 6) is -0.779. The van der Waals surface area contributed by atoms with Crippen LogP contribution < -0.4 is 5.32 Å². The third kappa shape index (κ3) is 5.23. The molecule has 1 rings (SSSR count). The number of hydrogen-bond donors (Lipinski definition) is 2. The van der Waals surface area contributed by atoms with Crippen LogP contribution in [0, 0.1) is 0 Å². The molecule has 0 bridgehead atoms. The first kappa shape index (κ1) is 20.0. The Bertz CT molecular complexity index is 550. The van der Waals surface area contributed by atoms with Crippen LogP contribution in [0.5, 0.6) is 0 Å². The summed E-state index contributed by atoms with van der Waals surface area (Å²) in [4.78, 5) is 26.7. The number of carbonyl (C=O) groups excluding carboxylic acids is 2. The van der Waals surface area contributed by atoms with Crippen LogP contribution in [-0.4, -0.2) is 53.2 Å². The average Bonchev–Trinajstić information content (AvgIpc) is 2.52. The lowest BCUT2D eigenvalue weighted by Crippen LogP contribution is -2.47. The standard InChI is InChI=1S/C18H28N2O4/c1-12(2)20(13(3)4)17(22)14(5)24-18(23)15-8-6-7-9-16(15)19-10-11-21/h6-9,12-14,19,21H,10-11H2,1-5H3/t14-/m1/s1. The van der Waals surface area contributed by atoms with E-state index >= 15 is 0 Å². The van der Waals surface area contributed by atoms with Crippen LogP contribution in [-0.2, 0) is 9.53 Å². The van der Waals surface area contributed by atoms with E-state index in [0.717, 1.165) is 0 Å². The number of para-hydroxylation sites is 1. The number of benzene rings is 1. The summed E-state index contributed by atoms with van der Waals surface area (Å²) in [5.41, 5.74) is 0.909. The molecule has 0 saturated heterocycles. The van der Waals surface area contributed by atoms with Crippen molar-refractivity contribution in [2.45, 2.75) is 52.8 Å². The van der Waals surface area contributed by atoms with Crippen molar-refractivity contribution in [1.29, 1.82) is 0 Å². The van der Waals surface area contributed by atoms with Crippen LogP contribution in [0.2, 0.25) is 0 Å².